The van der Waals surface area contributed by atoms with Crippen LogP contribution in [0, 0.1) is 0 Å². The zero-order valence-electron chi connectivity index (χ0n) is 9.63. The van der Waals surface area contributed by atoms with Gasteiger partial charge in [-0.1, -0.05) is 54.6 Å². The Morgan fingerprint density at radius 2 is 1.47 bits per heavy atom. The van der Waals surface area contributed by atoms with Crippen LogP contribution in [0.25, 0.3) is 0 Å². The van der Waals surface area contributed by atoms with Gasteiger partial charge in [0.1, 0.15) is 0 Å². The lowest BCUT2D eigenvalue weighted by molar-refractivity contribution is 0.101. The Hall–Kier alpha value is -1.54. The van der Waals surface area contributed by atoms with Gasteiger partial charge in [0.2, 0.25) is 0 Å². The van der Waals surface area contributed by atoms with E-state index in [0.29, 0.717) is 0 Å². The molecule has 0 N–H and O–H groups in total. The number of hydrogen-bond donors (Lipinski definition) is 1. The molecule has 0 saturated heterocycles. The average molecular weight is 242 g/mol. The number of Topliss-reactive ketones (excluding diaryl/α,β-unsaturated/α-hetero) is 1. The molecular weight excluding hydrogens is 228 g/mol. The molecule has 0 bridgehead atoms. The smallest absolute Gasteiger partial charge is 0.159 e. The van der Waals surface area contributed by atoms with Crippen molar-refractivity contribution in [1.82, 2.24) is 0 Å². The molecule has 2 aromatic carbocycles. The van der Waals surface area contributed by atoms with E-state index in [1.807, 2.05) is 42.5 Å². The molecule has 0 aromatic heterocycles. The molecule has 0 aliphatic rings. The summed E-state index contributed by atoms with van der Waals surface area (Å²) in [5.41, 5.74) is 3.00. The summed E-state index contributed by atoms with van der Waals surface area (Å²) >= 11 is 4.61. The average Bonchev–Trinajstić information content (AvgIpc) is 2.39. The molecule has 0 saturated carbocycles. The van der Waals surface area contributed by atoms with Crippen molar-refractivity contribution < 1.29 is 4.79 Å². The lowest BCUT2D eigenvalue weighted by Gasteiger charge is -2.11. The predicted octanol–water partition coefficient (Wildman–Crippen LogP) is 3.91. The Morgan fingerprint density at radius 1 is 0.941 bits per heavy atom. The quantitative estimate of drug-likeness (QED) is 0.638. The van der Waals surface area contributed by atoms with E-state index in [0.717, 1.165) is 16.7 Å². The standard InChI is InChI=1S/C15H14OS/c1-11(16)12-7-9-14(10-8-12)15(17)13-5-3-2-4-6-13/h2-10,15,17H,1H3. The Bertz CT molecular complexity index is 502. The normalized spacial score (nSPS) is 12.1. The van der Waals surface area contributed by atoms with Gasteiger partial charge in [-0.25, -0.2) is 0 Å². The topological polar surface area (TPSA) is 17.1 Å². The zero-order valence-corrected chi connectivity index (χ0v) is 10.5. The van der Waals surface area contributed by atoms with Crippen molar-refractivity contribution in [3.8, 4) is 0 Å². The highest BCUT2D eigenvalue weighted by atomic mass is 32.1. The van der Waals surface area contributed by atoms with Gasteiger partial charge >= 0.3 is 0 Å². The number of rotatable bonds is 3. The van der Waals surface area contributed by atoms with E-state index in [1.54, 1.807) is 6.92 Å². The number of thiol groups is 1. The molecule has 2 rings (SSSR count). The van der Waals surface area contributed by atoms with Gasteiger partial charge in [0.05, 0.1) is 5.25 Å². The van der Waals surface area contributed by atoms with Crippen LogP contribution in [0.2, 0.25) is 0 Å². The van der Waals surface area contributed by atoms with Gasteiger partial charge in [0.25, 0.3) is 0 Å². The molecule has 0 aliphatic carbocycles. The van der Waals surface area contributed by atoms with Gasteiger partial charge in [0, 0.05) is 5.56 Å². The second-order valence-electron chi connectivity index (χ2n) is 3.99. The maximum absolute atomic E-state index is 11.2. The van der Waals surface area contributed by atoms with Gasteiger partial charge in [-0.05, 0) is 18.1 Å². The monoisotopic (exact) mass is 242 g/mol. The molecule has 0 amide bonds. The van der Waals surface area contributed by atoms with Crippen LogP contribution >= 0.6 is 12.6 Å². The molecule has 17 heavy (non-hydrogen) atoms. The van der Waals surface area contributed by atoms with Gasteiger partial charge in [0.15, 0.2) is 5.78 Å². The first-order valence-electron chi connectivity index (χ1n) is 5.52. The third-order valence-corrected chi connectivity index (χ3v) is 3.34. The third kappa shape index (κ3) is 2.77. The van der Waals surface area contributed by atoms with Crippen molar-refractivity contribution in [2.45, 2.75) is 12.2 Å². The number of carbonyl (C=O) groups excluding carboxylic acids is 1. The summed E-state index contributed by atoms with van der Waals surface area (Å²) < 4.78 is 0. The Kier molecular flexibility index (Phi) is 3.64. The fraction of sp³-hybridized carbons (Fsp3) is 0.133. The van der Waals surface area contributed by atoms with Gasteiger partial charge in [-0.3, -0.25) is 4.79 Å². The summed E-state index contributed by atoms with van der Waals surface area (Å²) in [6.45, 7) is 1.57. The minimum Gasteiger partial charge on any atom is -0.295 e. The summed E-state index contributed by atoms with van der Waals surface area (Å²) in [6.07, 6.45) is 0. The molecule has 86 valence electrons. The van der Waals surface area contributed by atoms with E-state index in [4.69, 9.17) is 0 Å². The molecule has 0 fully saturated rings. The SMILES string of the molecule is CC(=O)c1ccc(C(S)c2ccccc2)cc1. The lowest BCUT2D eigenvalue weighted by atomic mass is 10.0. The Morgan fingerprint density at radius 3 is 2.00 bits per heavy atom. The predicted molar refractivity (Wildman–Crippen MR) is 73.7 cm³/mol. The highest BCUT2D eigenvalue weighted by Crippen LogP contribution is 2.28. The van der Waals surface area contributed by atoms with E-state index in [1.165, 1.54) is 0 Å². The molecule has 0 spiro atoms. The van der Waals surface area contributed by atoms with Gasteiger partial charge in [-0.2, -0.15) is 12.6 Å². The number of benzene rings is 2. The van der Waals surface area contributed by atoms with Crippen molar-refractivity contribution in [2.24, 2.45) is 0 Å². The van der Waals surface area contributed by atoms with Crippen LogP contribution < -0.4 is 0 Å². The molecule has 1 atom stereocenters. The molecule has 1 unspecified atom stereocenters. The summed E-state index contributed by atoms with van der Waals surface area (Å²) in [5, 5.41) is 0.0530. The maximum Gasteiger partial charge on any atom is 0.159 e. The van der Waals surface area contributed by atoms with Crippen LogP contribution in [0.3, 0.4) is 0 Å². The second-order valence-corrected chi connectivity index (χ2v) is 4.51. The second kappa shape index (κ2) is 5.19. The van der Waals surface area contributed by atoms with Crippen LogP contribution in [0.15, 0.2) is 54.6 Å². The van der Waals surface area contributed by atoms with E-state index in [9.17, 15) is 4.79 Å². The van der Waals surface area contributed by atoms with E-state index >= 15 is 0 Å². The largest absolute Gasteiger partial charge is 0.295 e. The number of ketones is 1. The summed E-state index contributed by atoms with van der Waals surface area (Å²) in [5.74, 6) is 0.0898. The first-order chi connectivity index (χ1) is 8.18. The molecule has 2 aromatic rings. The number of hydrogen-bond acceptors (Lipinski definition) is 2. The van der Waals surface area contributed by atoms with E-state index < -0.39 is 0 Å². The molecule has 2 heteroatoms. The summed E-state index contributed by atoms with van der Waals surface area (Å²) in [6, 6.07) is 17.7. The minimum atomic E-state index is 0.0530. The molecular formula is C15H14OS. The van der Waals surface area contributed by atoms with Crippen molar-refractivity contribution >= 4 is 18.4 Å². The van der Waals surface area contributed by atoms with Crippen LogP contribution in [0.1, 0.15) is 33.7 Å². The van der Waals surface area contributed by atoms with E-state index in [2.05, 4.69) is 24.8 Å². The van der Waals surface area contributed by atoms with Gasteiger partial charge in [-0.15, -0.1) is 0 Å². The molecule has 0 radical (unpaired) electrons. The van der Waals surface area contributed by atoms with Crippen molar-refractivity contribution in [1.29, 1.82) is 0 Å². The third-order valence-electron chi connectivity index (χ3n) is 2.75. The summed E-state index contributed by atoms with van der Waals surface area (Å²) in [4.78, 5) is 11.2. The Balaban J connectivity index is 2.26. The highest BCUT2D eigenvalue weighted by Gasteiger charge is 2.09. The summed E-state index contributed by atoms with van der Waals surface area (Å²) in [7, 11) is 0. The first-order valence-corrected chi connectivity index (χ1v) is 6.04. The van der Waals surface area contributed by atoms with Crippen LogP contribution in [-0.2, 0) is 0 Å². The first kappa shape index (κ1) is 11.9. The molecule has 1 nitrogen and oxygen atoms in total. The number of carbonyl (C=O) groups is 1. The molecule has 0 heterocycles. The van der Waals surface area contributed by atoms with Crippen LogP contribution in [0.5, 0.6) is 0 Å². The highest BCUT2D eigenvalue weighted by molar-refractivity contribution is 7.80. The maximum atomic E-state index is 11.2. The van der Waals surface area contributed by atoms with Crippen LogP contribution in [-0.4, -0.2) is 5.78 Å². The lowest BCUT2D eigenvalue weighted by Crippen LogP contribution is -1.96. The van der Waals surface area contributed by atoms with Crippen molar-refractivity contribution in [2.75, 3.05) is 0 Å². The fourth-order valence-corrected chi connectivity index (χ4v) is 2.07. The minimum absolute atomic E-state index is 0.0530. The van der Waals surface area contributed by atoms with E-state index in [-0.39, 0.29) is 11.0 Å². The Labute approximate surface area is 107 Å². The molecule has 0 aliphatic heterocycles. The fourth-order valence-electron chi connectivity index (χ4n) is 1.73. The van der Waals surface area contributed by atoms with Crippen molar-refractivity contribution in [3.63, 3.8) is 0 Å². The van der Waals surface area contributed by atoms with Crippen LogP contribution in [0.4, 0.5) is 0 Å². The van der Waals surface area contributed by atoms with Crippen molar-refractivity contribution in [3.05, 3.63) is 71.3 Å². The van der Waals surface area contributed by atoms with Gasteiger partial charge < -0.3 is 0 Å². The zero-order chi connectivity index (χ0) is 12.3.